The van der Waals surface area contributed by atoms with Crippen molar-refractivity contribution >= 4 is 25.3 Å². The Morgan fingerprint density at radius 2 is 2.08 bits per heavy atom. The summed E-state index contributed by atoms with van der Waals surface area (Å²) in [4.78, 5) is 2.22. The zero-order chi connectivity index (χ0) is 10.1. The minimum Gasteiger partial charge on any atom is -0.376 e. The summed E-state index contributed by atoms with van der Waals surface area (Å²) in [6.45, 7) is 4.93. The molecule has 0 aromatic carbocycles. The second kappa shape index (κ2) is 8.78. The zero-order valence-electron chi connectivity index (χ0n) is 8.45. The highest BCUT2D eigenvalue weighted by atomic mass is 32.1. The van der Waals surface area contributed by atoms with Crippen LogP contribution < -0.4 is 5.32 Å². The maximum atomic E-state index is 4.20. The first-order valence-electron chi connectivity index (χ1n) is 4.55. The molecule has 0 saturated heterocycles. The Labute approximate surface area is 92.6 Å². The molecular weight excluding hydrogens is 200 g/mol. The van der Waals surface area contributed by atoms with Crippen molar-refractivity contribution in [1.82, 2.24) is 10.2 Å². The van der Waals surface area contributed by atoms with Crippen LogP contribution in [-0.4, -0.2) is 43.1 Å². The maximum absolute atomic E-state index is 4.20. The number of rotatable bonds is 7. The fourth-order valence-electron chi connectivity index (χ4n) is 1.05. The molecule has 2 nitrogen and oxygen atoms in total. The van der Waals surface area contributed by atoms with Gasteiger partial charge < -0.3 is 10.2 Å². The van der Waals surface area contributed by atoms with Gasteiger partial charge in [-0.1, -0.05) is 6.08 Å². The molecule has 0 spiro atoms. The number of hydrogen-bond donors (Lipinski definition) is 3. The van der Waals surface area contributed by atoms with E-state index in [-0.39, 0.29) is 0 Å². The standard InChI is InChI=1S/C9H20N2S2/c1-3-9(8-10-4-6-12)11(2)5-7-13/h3,10,12-13H,4-8H2,1-2H3/b9-3-. The first-order valence-corrected chi connectivity index (χ1v) is 5.81. The van der Waals surface area contributed by atoms with Gasteiger partial charge in [-0.15, -0.1) is 0 Å². The van der Waals surface area contributed by atoms with Crippen molar-refractivity contribution < 1.29 is 0 Å². The van der Waals surface area contributed by atoms with Gasteiger partial charge in [0.1, 0.15) is 0 Å². The molecule has 0 fully saturated rings. The van der Waals surface area contributed by atoms with Crippen LogP contribution in [0.3, 0.4) is 0 Å². The molecule has 4 heteroatoms. The van der Waals surface area contributed by atoms with Crippen molar-refractivity contribution in [3.8, 4) is 0 Å². The van der Waals surface area contributed by atoms with E-state index >= 15 is 0 Å². The van der Waals surface area contributed by atoms with E-state index in [4.69, 9.17) is 0 Å². The van der Waals surface area contributed by atoms with Gasteiger partial charge >= 0.3 is 0 Å². The molecule has 0 radical (unpaired) electrons. The van der Waals surface area contributed by atoms with Gasteiger partial charge in [0.05, 0.1) is 0 Å². The lowest BCUT2D eigenvalue weighted by molar-refractivity contribution is 0.427. The van der Waals surface area contributed by atoms with Gasteiger partial charge in [-0.2, -0.15) is 25.3 Å². The molecule has 0 amide bonds. The van der Waals surface area contributed by atoms with Gasteiger partial charge in [-0.25, -0.2) is 0 Å². The molecule has 0 aromatic rings. The molecule has 13 heavy (non-hydrogen) atoms. The Morgan fingerprint density at radius 3 is 2.54 bits per heavy atom. The van der Waals surface area contributed by atoms with Crippen molar-refractivity contribution in [3.63, 3.8) is 0 Å². The van der Waals surface area contributed by atoms with Crippen molar-refractivity contribution in [2.24, 2.45) is 0 Å². The summed E-state index contributed by atoms with van der Waals surface area (Å²) in [7, 11) is 2.09. The lowest BCUT2D eigenvalue weighted by Gasteiger charge is -2.21. The Kier molecular flexibility index (Phi) is 8.92. The third-order valence-corrected chi connectivity index (χ3v) is 2.28. The van der Waals surface area contributed by atoms with E-state index in [9.17, 15) is 0 Å². The van der Waals surface area contributed by atoms with Gasteiger partial charge in [-0.05, 0) is 6.92 Å². The summed E-state index contributed by atoms with van der Waals surface area (Å²) in [6, 6.07) is 0. The maximum Gasteiger partial charge on any atom is 0.0352 e. The minimum absolute atomic E-state index is 0.882. The van der Waals surface area contributed by atoms with Crippen molar-refractivity contribution in [2.75, 3.05) is 38.2 Å². The Morgan fingerprint density at radius 1 is 1.38 bits per heavy atom. The molecular formula is C9H20N2S2. The quantitative estimate of drug-likeness (QED) is 0.442. The van der Waals surface area contributed by atoms with Gasteiger partial charge in [-0.3, -0.25) is 0 Å². The number of nitrogens with one attached hydrogen (secondary N) is 1. The normalized spacial score (nSPS) is 11.8. The number of thiol groups is 2. The molecule has 0 unspecified atom stereocenters. The van der Waals surface area contributed by atoms with Crippen LogP contribution in [0.2, 0.25) is 0 Å². The lowest BCUT2D eigenvalue weighted by Crippen LogP contribution is -2.29. The van der Waals surface area contributed by atoms with Crippen LogP contribution in [0.4, 0.5) is 0 Å². The number of hydrogen-bond acceptors (Lipinski definition) is 4. The smallest absolute Gasteiger partial charge is 0.0352 e. The van der Waals surface area contributed by atoms with Crippen LogP contribution in [0, 0.1) is 0 Å². The van der Waals surface area contributed by atoms with Crippen molar-refractivity contribution in [1.29, 1.82) is 0 Å². The monoisotopic (exact) mass is 220 g/mol. The topological polar surface area (TPSA) is 15.3 Å². The van der Waals surface area contributed by atoms with Crippen LogP contribution >= 0.6 is 25.3 Å². The van der Waals surface area contributed by atoms with Gasteiger partial charge in [0.25, 0.3) is 0 Å². The third kappa shape index (κ3) is 6.29. The van der Waals surface area contributed by atoms with Crippen molar-refractivity contribution in [2.45, 2.75) is 6.92 Å². The number of nitrogens with zero attached hydrogens (tertiary/aromatic N) is 1. The third-order valence-electron chi connectivity index (χ3n) is 1.85. The summed E-state index contributed by atoms with van der Waals surface area (Å²) in [5.41, 5.74) is 1.32. The average molecular weight is 220 g/mol. The average Bonchev–Trinajstić information content (AvgIpc) is 2.13. The summed E-state index contributed by atoms with van der Waals surface area (Å²) in [6.07, 6.45) is 2.13. The minimum atomic E-state index is 0.882. The summed E-state index contributed by atoms with van der Waals surface area (Å²) in [5, 5.41) is 3.31. The Hall–Kier alpha value is 0.200. The Bertz CT molecular complexity index is 149. The van der Waals surface area contributed by atoms with E-state index in [2.05, 4.69) is 55.5 Å². The highest BCUT2D eigenvalue weighted by Gasteiger charge is 2.00. The van der Waals surface area contributed by atoms with Gasteiger partial charge in [0, 0.05) is 43.9 Å². The number of likely N-dealkylation sites (N-methyl/N-ethyl adjacent to an activating group) is 1. The van der Waals surface area contributed by atoms with E-state index in [1.165, 1.54) is 5.70 Å². The van der Waals surface area contributed by atoms with Crippen molar-refractivity contribution in [3.05, 3.63) is 11.8 Å². The molecule has 78 valence electrons. The molecule has 0 rings (SSSR count). The summed E-state index contributed by atoms with van der Waals surface area (Å²) in [5.74, 6) is 1.77. The first-order chi connectivity index (χ1) is 6.26. The van der Waals surface area contributed by atoms with E-state index < -0.39 is 0 Å². The molecule has 0 atom stereocenters. The first kappa shape index (κ1) is 13.2. The predicted molar refractivity (Wildman–Crippen MR) is 67.0 cm³/mol. The van der Waals surface area contributed by atoms with Crippen LogP contribution in [0.1, 0.15) is 6.92 Å². The summed E-state index contributed by atoms with van der Waals surface area (Å²) >= 11 is 8.34. The second-order valence-corrected chi connectivity index (χ2v) is 3.72. The highest BCUT2D eigenvalue weighted by Crippen LogP contribution is 1.99. The predicted octanol–water partition coefficient (Wildman–Crippen LogP) is 1.27. The fraction of sp³-hybridized carbons (Fsp3) is 0.778. The molecule has 0 heterocycles. The van der Waals surface area contributed by atoms with Gasteiger partial charge in [0.2, 0.25) is 0 Å². The fourth-order valence-corrected chi connectivity index (χ4v) is 1.50. The largest absolute Gasteiger partial charge is 0.376 e. The lowest BCUT2D eigenvalue weighted by atomic mass is 10.3. The highest BCUT2D eigenvalue weighted by molar-refractivity contribution is 7.80. The van der Waals surface area contributed by atoms with Crippen LogP contribution in [0.15, 0.2) is 11.8 Å². The Balaban J connectivity index is 3.75. The van der Waals surface area contributed by atoms with Gasteiger partial charge in [0.15, 0.2) is 0 Å². The molecule has 0 aliphatic heterocycles. The van der Waals surface area contributed by atoms with Crippen LogP contribution in [0.25, 0.3) is 0 Å². The van der Waals surface area contributed by atoms with E-state index in [0.29, 0.717) is 0 Å². The molecule has 0 saturated carbocycles. The second-order valence-electron chi connectivity index (χ2n) is 2.83. The van der Waals surface area contributed by atoms with Crippen LogP contribution in [0.5, 0.6) is 0 Å². The molecule has 0 aromatic heterocycles. The number of allylic oxidation sites excluding steroid dienone is 1. The summed E-state index contributed by atoms with van der Waals surface area (Å²) < 4.78 is 0. The molecule has 0 aliphatic rings. The van der Waals surface area contributed by atoms with Crippen LogP contribution in [-0.2, 0) is 0 Å². The molecule has 0 aliphatic carbocycles. The van der Waals surface area contributed by atoms with E-state index in [1.807, 2.05) is 0 Å². The molecule has 0 bridgehead atoms. The zero-order valence-corrected chi connectivity index (χ0v) is 10.2. The van der Waals surface area contributed by atoms with E-state index in [0.717, 1.165) is 31.1 Å². The SMILES string of the molecule is C/C=C(/CNCCS)N(C)CCS. The van der Waals surface area contributed by atoms with E-state index in [1.54, 1.807) is 0 Å². The molecule has 1 N–H and O–H groups in total.